The molecule has 0 aliphatic rings. The van der Waals surface area contributed by atoms with Crippen LogP contribution in [0.5, 0.6) is 5.88 Å². The van der Waals surface area contributed by atoms with Gasteiger partial charge in [-0.3, -0.25) is 0 Å². The first kappa shape index (κ1) is 14.4. The van der Waals surface area contributed by atoms with E-state index in [2.05, 4.69) is 28.4 Å². The first-order valence-electron chi connectivity index (χ1n) is 6.80. The minimum Gasteiger partial charge on any atom is -0.402 e. The summed E-state index contributed by atoms with van der Waals surface area (Å²) in [6.07, 6.45) is 0. The van der Waals surface area contributed by atoms with Crippen LogP contribution in [0, 0.1) is 13.8 Å². The molecule has 0 N–H and O–H groups in total. The highest BCUT2D eigenvalue weighted by atomic mass is 32.1. The fourth-order valence-corrected chi connectivity index (χ4v) is 2.67. The number of esters is 1. The van der Waals surface area contributed by atoms with Gasteiger partial charge in [0.2, 0.25) is 5.88 Å². The molecule has 0 aliphatic heterocycles. The molecule has 0 saturated carbocycles. The Balaban J connectivity index is 1.81. The first-order chi connectivity index (χ1) is 10.6. The van der Waals surface area contributed by atoms with Crippen LogP contribution in [0.3, 0.4) is 0 Å². The van der Waals surface area contributed by atoms with E-state index in [-0.39, 0.29) is 5.88 Å². The maximum atomic E-state index is 11.8. The van der Waals surface area contributed by atoms with Crippen molar-refractivity contribution < 1.29 is 9.53 Å². The highest BCUT2D eigenvalue weighted by molar-refractivity contribution is 7.12. The van der Waals surface area contributed by atoms with Crippen LogP contribution in [-0.4, -0.2) is 16.2 Å². The smallest absolute Gasteiger partial charge is 0.355 e. The summed E-state index contributed by atoms with van der Waals surface area (Å²) in [4.78, 5) is 12.4. The Morgan fingerprint density at radius 2 is 1.95 bits per heavy atom. The Bertz CT molecular complexity index is 796. The Morgan fingerprint density at radius 3 is 2.64 bits per heavy atom. The van der Waals surface area contributed by atoms with E-state index in [1.165, 1.54) is 11.3 Å². The number of rotatable bonds is 3. The summed E-state index contributed by atoms with van der Waals surface area (Å²) in [5, 5.41) is 9.97. The Hall–Kier alpha value is -2.53. The van der Waals surface area contributed by atoms with Crippen molar-refractivity contribution in [1.82, 2.24) is 10.2 Å². The van der Waals surface area contributed by atoms with Crippen molar-refractivity contribution in [2.24, 2.45) is 0 Å². The van der Waals surface area contributed by atoms with Gasteiger partial charge in [-0.15, -0.1) is 21.5 Å². The molecule has 0 fully saturated rings. The fourth-order valence-electron chi connectivity index (χ4n) is 2.07. The standard InChI is InChI=1S/C17H14N2O2S/c1-11-5-6-12(2)13(10-11)14-7-8-16(19-18-14)21-17(20)15-4-3-9-22-15/h3-10H,1-2H3. The van der Waals surface area contributed by atoms with Crippen LogP contribution in [0.25, 0.3) is 11.3 Å². The Labute approximate surface area is 132 Å². The summed E-state index contributed by atoms with van der Waals surface area (Å²) < 4.78 is 5.20. The van der Waals surface area contributed by atoms with Crippen LogP contribution < -0.4 is 4.74 Å². The predicted octanol–water partition coefficient (Wildman–Crippen LogP) is 4.04. The zero-order chi connectivity index (χ0) is 15.5. The number of ether oxygens (including phenoxy) is 1. The van der Waals surface area contributed by atoms with Crippen molar-refractivity contribution in [3.63, 3.8) is 0 Å². The van der Waals surface area contributed by atoms with Gasteiger partial charge in [-0.25, -0.2) is 4.79 Å². The fraction of sp³-hybridized carbons (Fsp3) is 0.118. The monoisotopic (exact) mass is 310 g/mol. The summed E-state index contributed by atoms with van der Waals surface area (Å²) in [6.45, 7) is 4.06. The number of aromatic nitrogens is 2. The van der Waals surface area contributed by atoms with Gasteiger partial charge in [0.1, 0.15) is 4.88 Å². The van der Waals surface area contributed by atoms with Crippen molar-refractivity contribution in [3.8, 4) is 17.1 Å². The highest BCUT2D eigenvalue weighted by Crippen LogP contribution is 2.23. The molecule has 3 aromatic rings. The molecule has 3 rings (SSSR count). The predicted molar refractivity (Wildman–Crippen MR) is 86.2 cm³/mol. The maximum Gasteiger partial charge on any atom is 0.355 e. The Morgan fingerprint density at radius 1 is 1.09 bits per heavy atom. The second-order valence-electron chi connectivity index (χ2n) is 4.94. The molecule has 0 atom stereocenters. The minimum atomic E-state index is -0.413. The number of hydrogen-bond acceptors (Lipinski definition) is 5. The molecular weight excluding hydrogens is 296 g/mol. The summed E-state index contributed by atoms with van der Waals surface area (Å²) in [5.74, 6) is -0.212. The van der Waals surface area contributed by atoms with Crippen LogP contribution in [0.4, 0.5) is 0 Å². The van der Waals surface area contributed by atoms with Crippen molar-refractivity contribution in [1.29, 1.82) is 0 Å². The van der Waals surface area contributed by atoms with Crippen LogP contribution in [0.15, 0.2) is 47.8 Å². The largest absolute Gasteiger partial charge is 0.402 e. The number of aryl methyl sites for hydroxylation is 2. The average Bonchev–Trinajstić information content (AvgIpc) is 3.05. The molecule has 4 nitrogen and oxygen atoms in total. The lowest BCUT2D eigenvalue weighted by molar-refractivity contribution is 0.0731. The van der Waals surface area contributed by atoms with Crippen molar-refractivity contribution >= 4 is 17.3 Å². The molecule has 0 radical (unpaired) electrons. The van der Waals surface area contributed by atoms with E-state index in [4.69, 9.17) is 4.74 Å². The van der Waals surface area contributed by atoms with Gasteiger partial charge in [0.15, 0.2) is 0 Å². The SMILES string of the molecule is Cc1ccc(C)c(-c2ccc(OC(=O)c3cccs3)nn2)c1. The lowest BCUT2D eigenvalue weighted by atomic mass is 10.0. The maximum absolute atomic E-state index is 11.8. The van der Waals surface area contributed by atoms with Gasteiger partial charge in [-0.1, -0.05) is 23.8 Å². The molecule has 0 spiro atoms. The zero-order valence-electron chi connectivity index (χ0n) is 12.2. The molecule has 2 heterocycles. The molecule has 0 aliphatic carbocycles. The van der Waals surface area contributed by atoms with E-state index in [0.717, 1.165) is 22.4 Å². The molecule has 5 heteroatoms. The normalized spacial score (nSPS) is 10.5. The molecule has 110 valence electrons. The van der Waals surface area contributed by atoms with Crippen LogP contribution in [0.2, 0.25) is 0 Å². The second kappa shape index (κ2) is 6.07. The van der Waals surface area contributed by atoms with E-state index < -0.39 is 5.97 Å². The Kier molecular flexibility index (Phi) is 3.98. The lowest BCUT2D eigenvalue weighted by Gasteiger charge is -2.06. The summed E-state index contributed by atoms with van der Waals surface area (Å²) in [6, 6.07) is 13.2. The van der Waals surface area contributed by atoms with Gasteiger partial charge >= 0.3 is 5.97 Å². The topological polar surface area (TPSA) is 52.1 Å². The average molecular weight is 310 g/mol. The van der Waals surface area contributed by atoms with Crippen molar-refractivity contribution in [2.45, 2.75) is 13.8 Å². The number of hydrogen-bond donors (Lipinski definition) is 0. The second-order valence-corrected chi connectivity index (χ2v) is 5.89. The molecule has 1 aromatic carbocycles. The molecule has 0 unspecified atom stereocenters. The van der Waals surface area contributed by atoms with Gasteiger partial charge in [-0.2, -0.15) is 0 Å². The van der Waals surface area contributed by atoms with Gasteiger partial charge in [0, 0.05) is 11.6 Å². The number of benzene rings is 1. The van der Waals surface area contributed by atoms with E-state index in [1.54, 1.807) is 18.2 Å². The number of thiophene rings is 1. The third-order valence-electron chi connectivity index (χ3n) is 3.23. The first-order valence-corrected chi connectivity index (χ1v) is 7.68. The zero-order valence-corrected chi connectivity index (χ0v) is 13.1. The van der Waals surface area contributed by atoms with Crippen molar-refractivity contribution in [2.75, 3.05) is 0 Å². The number of carbonyl (C=O) groups is 1. The van der Waals surface area contributed by atoms with Gasteiger partial charge in [0.25, 0.3) is 0 Å². The van der Waals surface area contributed by atoms with Crippen LogP contribution >= 0.6 is 11.3 Å². The quantitative estimate of drug-likeness (QED) is 0.685. The molecule has 0 saturated heterocycles. The molecule has 0 bridgehead atoms. The van der Waals surface area contributed by atoms with Crippen LogP contribution in [0.1, 0.15) is 20.8 Å². The van der Waals surface area contributed by atoms with E-state index in [9.17, 15) is 4.79 Å². The van der Waals surface area contributed by atoms with Crippen LogP contribution in [-0.2, 0) is 0 Å². The number of nitrogens with zero attached hydrogens (tertiary/aromatic N) is 2. The molecule has 0 amide bonds. The summed E-state index contributed by atoms with van der Waals surface area (Å²) >= 11 is 1.33. The molecule has 22 heavy (non-hydrogen) atoms. The van der Waals surface area contributed by atoms with Gasteiger partial charge in [-0.05, 0) is 43.0 Å². The molecular formula is C17H14N2O2S. The highest BCUT2D eigenvalue weighted by Gasteiger charge is 2.11. The van der Waals surface area contributed by atoms with E-state index >= 15 is 0 Å². The third-order valence-corrected chi connectivity index (χ3v) is 4.08. The van der Waals surface area contributed by atoms with Gasteiger partial charge in [0.05, 0.1) is 5.69 Å². The minimum absolute atomic E-state index is 0.201. The summed E-state index contributed by atoms with van der Waals surface area (Å²) in [7, 11) is 0. The number of carbonyl (C=O) groups excluding carboxylic acids is 1. The van der Waals surface area contributed by atoms with E-state index in [0.29, 0.717) is 4.88 Å². The lowest BCUT2D eigenvalue weighted by Crippen LogP contribution is -2.08. The third kappa shape index (κ3) is 3.04. The van der Waals surface area contributed by atoms with Crippen molar-refractivity contribution in [3.05, 3.63) is 63.8 Å². The van der Waals surface area contributed by atoms with E-state index in [1.807, 2.05) is 25.3 Å². The summed E-state index contributed by atoms with van der Waals surface area (Å²) in [5.41, 5.74) is 4.08. The van der Waals surface area contributed by atoms with Gasteiger partial charge < -0.3 is 4.74 Å². The molecule has 2 aromatic heterocycles.